The summed E-state index contributed by atoms with van der Waals surface area (Å²) in [5, 5.41) is 53.8. The number of nitrogens with zero attached hydrogens (tertiary/aromatic N) is 3. The summed E-state index contributed by atoms with van der Waals surface area (Å²) in [6, 6.07) is 6.29. The summed E-state index contributed by atoms with van der Waals surface area (Å²) in [6.45, 7) is 1.80. The maximum atomic E-state index is 13.2. The largest absolute Gasteiger partial charge is 0.481 e. The number of aromatic nitrogens is 2. The SMILES string of the molecule is COC1CN(C(=O)CCCCc2ccc3c(n2)NC(CC(=O)NC(C(=O)O)C2(O)CCC(C(=O)NCCCc4ccc5c(n4)NCCC5)CC2)CC3)CC[C@@]1(O)CC(=O)O. The van der Waals surface area contributed by atoms with Crippen LogP contribution in [0.15, 0.2) is 24.3 Å². The lowest BCUT2D eigenvalue weighted by Gasteiger charge is -2.43. The molecule has 60 heavy (non-hydrogen) atoms. The number of aliphatic hydroxyl groups is 2. The summed E-state index contributed by atoms with van der Waals surface area (Å²) in [6.07, 6.45) is 6.76. The van der Waals surface area contributed by atoms with Gasteiger partial charge in [0, 0.05) is 69.5 Å². The summed E-state index contributed by atoms with van der Waals surface area (Å²) in [5.74, 6) is -1.88. The molecular formula is C43H61N7O10. The molecule has 3 amide bonds. The lowest BCUT2D eigenvalue weighted by atomic mass is 9.74. The molecule has 0 aromatic carbocycles. The van der Waals surface area contributed by atoms with Crippen LogP contribution in [0.25, 0.3) is 0 Å². The van der Waals surface area contributed by atoms with E-state index in [4.69, 9.17) is 14.7 Å². The number of aryl methyl sites for hydroxylation is 4. The molecule has 1 saturated heterocycles. The first-order valence-electron chi connectivity index (χ1n) is 21.5. The minimum atomic E-state index is -1.69. The number of carbonyl (C=O) groups excluding carboxylic acids is 3. The van der Waals surface area contributed by atoms with Crippen LogP contribution >= 0.6 is 0 Å². The lowest BCUT2D eigenvalue weighted by Crippen LogP contribution is -2.59. The van der Waals surface area contributed by atoms with E-state index in [1.165, 1.54) is 12.7 Å². The molecule has 3 aliphatic heterocycles. The van der Waals surface area contributed by atoms with Crippen LogP contribution in [0.4, 0.5) is 11.6 Å². The second-order valence-electron chi connectivity index (χ2n) is 17.0. The van der Waals surface area contributed by atoms with Gasteiger partial charge in [-0.15, -0.1) is 0 Å². The third-order valence-corrected chi connectivity index (χ3v) is 12.7. The fourth-order valence-corrected chi connectivity index (χ4v) is 9.09. The summed E-state index contributed by atoms with van der Waals surface area (Å²) in [5.41, 5.74) is 0.836. The maximum Gasteiger partial charge on any atom is 0.329 e. The number of rotatable bonds is 18. The predicted molar refractivity (Wildman–Crippen MR) is 220 cm³/mol. The molecule has 8 N–H and O–H groups in total. The number of ether oxygens (including phenoxy) is 1. The van der Waals surface area contributed by atoms with E-state index in [1.807, 2.05) is 18.2 Å². The van der Waals surface area contributed by atoms with E-state index in [9.17, 15) is 44.4 Å². The topological polar surface area (TPSA) is 253 Å². The van der Waals surface area contributed by atoms with Gasteiger partial charge in [0.2, 0.25) is 17.7 Å². The Labute approximate surface area is 350 Å². The first kappa shape index (κ1) is 44.7. The van der Waals surface area contributed by atoms with Crippen molar-refractivity contribution in [1.29, 1.82) is 0 Å². The molecular weight excluding hydrogens is 775 g/mol. The highest BCUT2D eigenvalue weighted by molar-refractivity contribution is 5.85. The van der Waals surface area contributed by atoms with E-state index in [-0.39, 0.29) is 62.5 Å². The van der Waals surface area contributed by atoms with Gasteiger partial charge in [0.1, 0.15) is 23.3 Å². The van der Waals surface area contributed by atoms with Crippen molar-refractivity contribution in [3.8, 4) is 0 Å². The fraction of sp³-hybridized carbons (Fsp3) is 0.651. The number of methoxy groups -OCH3 is 1. The summed E-state index contributed by atoms with van der Waals surface area (Å²) in [7, 11) is 1.40. The van der Waals surface area contributed by atoms with Crippen molar-refractivity contribution >= 4 is 41.3 Å². The first-order chi connectivity index (χ1) is 28.7. The number of hydrogen-bond donors (Lipinski definition) is 8. The number of piperidine rings is 1. The van der Waals surface area contributed by atoms with Gasteiger partial charge in [0.15, 0.2) is 6.04 Å². The van der Waals surface area contributed by atoms with Gasteiger partial charge < -0.3 is 51.3 Å². The van der Waals surface area contributed by atoms with Crippen molar-refractivity contribution in [2.24, 2.45) is 5.92 Å². The average Bonchev–Trinajstić information content (AvgIpc) is 3.22. The maximum absolute atomic E-state index is 13.2. The Morgan fingerprint density at radius 2 is 1.62 bits per heavy atom. The summed E-state index contributed by atoms with van der Waals surface area (Å²) < 4.78 is 5.35. The van der Waals surface area contributed by atoms with Gasteiger partial charge in [-0.25, -0.2) is 14.8 Å². The smallest absolute Gasteiger partial charge is 0.329 e. The third kappa shape index (κ3) is 11.5. The normalized spacial score (nSPS) is 25.4. The van der Waals surface area contributed by atoms with Crippen molar-refractivity contribution < 1.29 is 49.1 Å². The van der Waals surface area contributed by atoms with Gasteiger partial charge in [-0.3, -0.25) is 19.2 Å². The number of carbonyl (C=O) groups is 5. The van der Waals surface area contributed by atoms with Gasteiger partial charge in [-0.1, -0.05) is 12.1 Å². The number of aliphatic carboxylic acids is 2. The zero-order chi connectivity index (χ0) is 42.9. The molecule has 0 bridgehead atoms. The van der Waals surface area contributed by atoms with Gasteiger partial charge in [0.25, 0.3) is 0 Å². The molecule has 328 valence electrons. The quantitative estimate of drug-likeness (QED) is 0.100. The van der Waals surface area contributed by atoms with Crippen molar-refractivity contribution in [3.63, 3.8) is 0 Å². The average molecular weight is 836 g/mol. The molecule has 1 aliphatic carbocycles. The number of hydrogen-bond acceptors (Lipinski definition) is 12. The minimum Gasteiger partial charge on any atom is -0.481 e. The molecule has 4 aliphatic rings. The molecule has 4 atom stereocenters. The number of likely N-dealkylation sites (tertiary alicyclic amines) is 1. The van der Waals surface area contributed by atoms with Crippen molar-refractivity contribution in [3.05, 3.63) is 46.8 Å². The van der Waals surface area contributed by atoms with Crippen LogP contribution in [0.2, 0.25) is 0 Å². The van der Waals surface area contributed by atoms with Crippen LogP contribution < -0.4 is 21.3 Å². The number of pyridine rings is 2. The van der Waals surface area contributed by atoms with Crippen LogP contribution in [-0.4, -0.2) is 128 Å². The third-order valence-electron chi connectivity index (χ3n) is 12.7. The number of nitrogens with one attached hydrogen (secondary N) is 4. The van der Waals surface area contributed by atoms with E-state index in [1.54, 1.807) is 4.90 Å². The molecule has 0 spiro atoms. The van der Waals surface area contributed by atoms with E-state index in [0.717, 1.165) is 55.0 Å². The highest BCUT2D eigenvalue weighted by Crippen LogP contribution is 2.35. The summed E-state index contributed by atoms with van der Waals surface area (Å²) >= 11 is 0. The Balaban J connectivity index is 0.901. The molecule has 0 radical (unpaired) electrons. The molecule has 2 aromatic rings. The fourth-order valence-electron chi connectivity index (χ4n) is 9.09. The molecule has 6 rings (SSSR count). The van der Waals surface area contributed by atoms with Crippen LogP contribution in [-0.2, 0) is 54.4 Å². The summed E-state index contributed by atoms with van der Waals surface area (Å²) in [4.78, 5) is 73.9. The second-order valence-corrected chi connectivity index (χ2v) is 17.0. The minimum absolute atomic E-state index is 0.00994. The van der Waals surface area contributed by atoms with E-state index >= 15 is 0 Å². The number of carboxylic acids is 2. The van der Waals surface area contributed by atoms with Crippen molar-refractivity contribution in [1.82, 2.24) is 25.5 Å². The first-order valence-corrected chi connectivity index (χ1v) is 21.5. The number of carboxylic acid groups (broad SMARTS) is 2. The zero-order valence-electron chi connectivity index (χ0n) is 34.5. The number of unbranched alkanes of at least 4 members (excludes halogenated alkanes) is 1. The number of amides is 3. The Hall–Kier alpha value is -4.87. The number of fused-ring (bicyclic) bond motifs is 2. The Morgan fingerprint density at radius 1 is 0.917 bits per heavy atom. The van der Waals surface area contributed by atoms with Crippen LogP contribution in [0.1, 0.15) is 106 Å². The van der Waals surface area contributed by atoms with Crippen LogP contribution in [0, 0.1) is 5.92 Å². The molecule has 17 heteroatoms. The van der Waals surface area contributed by atoms with Crippen LogP contribution in [0.5, 0.6) is 0 Å². The second kappa shape index (κ2) is 20.1. The standard InChI is InChI=1S/C43H61N7O10/c1-60-33-26-50(23-20-43(33,59)25-36(53)54)35(52)9-3-2-7-30-14-11-28-12-15-32(48-39(28)47-30)24-34(51)49-37(41(56)57)42(58)18-16-29(17-19-42)40(55)45-22-5-8-31-13-10-27-6-4-21-44-38(27)46-31/h10-11,13-14,29,32-33,37,58-59H,2-9,12,15-26H2,1H3,(H,44,46)(H,45,55)(H,47,48)(H,49,51)(H,53,54)(H,56,57)/t29?,32?,33?,37?,42?,43-/m1/s1. The molecule has 17 nitrogen and oxygen atoms in total. The number of anilines is 2. The van der Waals surface area contributed by atoms with E-state index < -0.39 is 47.6 Å². The monoisotopic (exact) mass is 835 g/mol. The molecule has 2 aromatic heterocycles. The zero-order valence-corrected chi connectivity index (χ0v) is 34.5. The Kier molecular flexibility index (Phi) is 15.0. The van der Waals surface area contributed by atoms with Gasteiger partial charge in [0.05, 0.1) is 12.0 Å². The molecule has 3 unspecified atom stereocenters. The molecule has 2 fully saturated rings. The molecule has 1 saturated carbocycles. The highest BCUT2D eigenvalue weighted by Gasteiger charge is 2.47. The lowest BCUT2D eigenvalue weighted by molar-refractivity contribution is -0.167. The van der Waals surface area contributed by atoms with Crippen molar-refractivity contribution in [2.45, 2.75) is 139 Å². The van der Waals surface area contributed by atoms with Crippen molar-refractivity contribution in [2.75, 3.05) is 43.9 Å². The molecule has 5 heterocycles. The van der Waals surface area contributed by atoms with E-state index in [0.29, 0.717) is 63.7 Å². The van der Waals surface area contributed by atoms with Gasteiger partial charge in [-0.2, -0.15) is 0 Å². The van der Waals surface area contributed by atoms with E-state index in [2.05, 4.69) is 27.3 Å². The Morgan fingerprint density at radius 3 is 2.32 bits per heavy atom. The van der Waals surface area contributed by atoms with Crippen LogP contribution in [0.3, 0.4) is 0 Å². The van der Waals surface area contributed by atoms with Gasteiger partial charge >= 0.3 is 11.9 Å². The highest BCUT2D eigenvalue weighted by atomic mass is 16.5. The Bertz CT molecular complexity index is 1870. The predicted octanol–water partition coefficient (Wildman–Crippen LogP) is 2.36. The van der Waals surface area contributed by atoms with Gasteiger partial charge in [-0.05, 0) is 113 Å².